The number of nitro groups is 2. The molecule has 178 valence electrons. The van der Waals surface area contributed by atoms with Crippen molar-refractivity contribution >= 4 is 39.2 Å². The molecule has 0 aliphatic carbocycles. The molecule has 0 aromatic heterocycles. The van der Waals surface area contributed by atoms with E-state index >= 15 is 0 Å². The molecule has 3 aromatic rings. The molecule has 0 aliphatic heterocycles. The quantitative estimate of drug-likeness (QED) is 0.206. The fourth-order valence-electron chi connectivity index (χ4n) is 3.68. The van der Waals surface area contributed by atoms with Gasteiger partial charge in [0.1, 0.15) is 11.4 Å². The van der Waals surface area contributed by atoms with Gasteiger partial charge in [-0.3, -0.25) is 20.2 Å². The first kappa shape index (κ1) is 24.4. The average Bonchev–Trinajstić information content (AvgIpc) is 2.83. The molecule has 34 heavy (non-hydrogen) atoms. The van der Waals surface area contributed by atoms with Gasteiger partial charge in [-0.05, 0) is 43.2 Å². The van der Waals surface area contributed by atoms with Gasteiger partial charge >= 0.3 is 5.69 Å². The van der Waals surface area contributed by atoms with Crippen LogP contribution in [0, 0.1) is 20.2 Å². The Morgan fingerprint density at radius 1 is 0.912 bits per heavy atom. The van der Waals surface area contributed by atoms with Crippen molar-refractivity contribution < 1.29 is 19.7 Å². The summed E-state index contributed by atoms with van der Waals surface area (Å²) in [5.74, 6) is 0.500. The minimum absolute atomic E-state index is 0.123. The summed E-state index contributed by atoms with van der Waals surface area (Å²) < 4.78 is 5.36. The van der Waals surface area contributed by atoms with Gasteiger partial charge in [-0.2, -0.15) is 0 Å². The van der Waals surface area contributed by atoms with E-state index < -0.39 is 21.2 Å². The molecule has 0 saturated heterocycles. The predicted octanol–water partition coefficient (Wildman–Crippen LogP) is 6.41. The van der Waals surface area contributed by atoms with Crippen LogP contribution in [-0.4, -0.2) is 35.2 Å². The number of aromatic hydroxyl groups is 1. The molecule has 0 spiro atoms. The van der Waals surface area contributed by atoms with E-state index in [2.05, 4.69) is 29.0 Å². The van der Waals surface area contributed by atoms with Gasteiger partial charge in [-0.25, -0.2) is 0 Å². The Kier molecular flexibility index (Phi) is 7.57. The number of rotatable bonds is 10. The van der Waals surface area contributed by atoms with Crippen LogP contribution >= 0.6 is 0 Å². The number of hydrogen-bond donors (Lipinski definition) is 1. The fourth-order valence-corrected chi connectivity index (χ4v) is 3.68. The molecule has 0 heterocycles. The maximum absolute atomic E-state index is 11.4. The fraction of sp³-hybridized carbons (Fsp3) is 0.304. The highest BCUT2D eigenvalue weighted by molar-refractivity contribution is 6.02. The number of hydrogen-bond acceptors (Lipinski definition) is 9. The third-order valence-electron chi connectivity index (χ3n) is 5.23. The van der Waals surface area contributed by atoms with Gasteiger partial charge in [0.25, 0.3) is 5.69 Å². The zero-order valence-electron chi connectivity index (χ0n) is 19.1. The first-order valence-corrected chi connectivity index (χ1v) is 10.7. The van der Waals surface area contributed by atoms with Gasteiger partial charge in [0.2, 0.25) is 0 Å². The molecule has 0 atom stereocenters. The number of non-ortho nitro benzene ring substituents is 1. The molecule has 3 rings (SSSR count). The number of nitrogens with zero attached hydrogens (tertiary/aromatic N) is 5. The van der Waals surface area contributed by atoms with E-state index in [0.717, 1.165) is 55.2 Å². The van der Waals surface area contributed by atoms with Crippen molar-refractivity contribution in [2.75, 3.05) is 25.1 Å². The summed E-state index contributed by atoms with van der Waals surface area (Å²) >= 11 is 0. The third kappa shape index (κ3) is 5.03. The Hall–Kier alpha value is -4.28. The Labute approximate surface area is 195 Å². The van der Waals surface area contributed by atoms with Crippen LogP contribution in [0.4, 0.5) is 28.4 Å². The SMILES string of the molecule is CCCN(CCC)c1cc(N=Nc2ccc([N+](=O)[O-])cc2[N+](=O)[O-])c(O)c2ccc(OC)cc12. The average molecular weight is 467 g/mol. The Bertz CT molecular complexity index is 1250. The van der Waals surface area contributed by atoms with Gasteiger partial charge in [0.15, 0.2) is 11.4 Å². The third-order valence-corrected chi connectivity index (χ3v) is 5.23. The van der Waals surface area contributed by atoms with Crippen molar-refractivity contribution in [1.29, 1.82) is 0 Å². The normalized spacial score (nSPS) is 11.1. The molecule has 11 heteroatoms. The van der Waals surface area contributed by atoms with Gasteiger partial charge in [-0.15, -0.1) is 10.2 Å². The lowest BCUT2D eigenvalue weighted by molar-refractivity contribution is -0.393. The molecule has 0 fully saturated rings. The smallest absolute Gasteiger partial charge is 0.303 e. The maximum Gasteiger partial charge on any atom is 0.303 e. The Morgan fingerprint density at radius 2 is 1.59 bits per heavy atom. The van der Waals surface area contributed by atoms with E-state index in [0.29, 0.717) is 11.1 Å². The van der Waals surface area contributed by atoms with E-state index in [1.54, 1.807) is 25.3 Å². The number of methoxy groups -OCH3 is 1. The van der Waals surface area contributed by atoms with E-state index in [1.807, 2.05) is 6.07 Å². The molecule has 3 aromatic carbocycles. The summed E-state index contributed by atoms with van der Waals surface area (Å²) in [6, 6.07) is 10.1. The number of phenolic OH excluding ortho intramolecular Hbond substituents is 1. The van der Waals surface area contributed by atoms with Gasteiger partial charge in [0.05, 0.1) is 23.0 Å². The Balaban J connectivity index is 2.18. The number of benzene rings is 3. The number of anilines is 1. The van der Waals surface area contributed by atoms with Crippen LogP contribution < -0.4 is 9.64 Å². The number of fused-ring (bicyclic) bond motifs is 1. The molecule has 0 radical (unpaired) electrons. The maximum atomic E-state index is 11.4. The van der Waals surface area contributed by atoms with E-state index in [1.165, 1.54) is 0 Å². The van der Waals surface area contributed by atoms with Gasteiger partial charge in [0, 0.05) is 35.6 Å². The largest absolute Gasteiger partial charge is 0.505 e. The molecule has 0 unspecified atom stereocenters. The van der Waals surface area contributed by atoms with Crippen molar-refractivity contribution in [3.63, 3.8) is 0 Å². The highest BCUT2D eigenvalue weighted by Crippen LogP contribution is 2.43. The summed E-state index contributed by atoms with van der Waals surface area (Å²) in [7, 11) is 1.57. The number of phenols is 1. The van der Waals surface area contributed by atoms with Crippen LogP contribution in [0.15, 0.2) is 52.7 Å². The monoisotopic (exact) mass is 467 g/mol. The summed E-state index contributed by atoms with van der Waals surface area (Å²) in [6.07, 6.45) is 1.80. The highest BCUT2D eigenvalue weighted by atomic mass is 16.6. The highest BCUT2D eigenvalue weighted by Gasteiger charge is 2.20. The van der Waals surface area contributed by atoms with Crippen molar-refractivity contribution in [2.45, 2.75) is 26.7 Å². The number of nitro benzene ring substituents is 2. The molecule has 0 amide bonds. The minimum atomic E-state index is -0.760. The molecular formula is C23H25N5O6. The lowest BCUT2D eigenvalue weighted by atomic mass is 10.0. The topological polar surface area (TPSA) is 144 Å². The van der Waals surface area contributed by atoms with E-state index in [4.69, 9.17) is 4.74 Å². The van der Waals surface area contributed by atoms with Crippen LogP contribution in [-0.2, 0) is 0 Å². The lowest BCUT2D eigenvalue weighted by Crippen LogP contribution is -2.25. The van der Waals surface area contributed by atoms with Crippen LogP contribution in [0.2, 0.25) is 0 Å². The van der Waals surface area contributed by atoms with E-state index in [9.17, 15) is 25.3 Å². The molecule has 0 bridgehead atoms. The standard InChI is InChI=1S/C23H25N5O6/c1-4-10-26(11-5-2)21-14-20(23(29)17-8-7-16(34-3)13-18(17)21)25-24-19-9-6-15(27(30)31)12-22(19)28(32)33/h6-9,12-14,29H,4-5,10-11H2,1-3H3. The van der Waals surface area contributed by atoms with Crippen molar-refractivity contribution in [2.24, 2.45) is 10.2 Å². The minimum Gasteiger partial charge on any atom is -0.505 e. The van der Waals surface area contributed by atoms with Gasteiger partial charge in [-0.1, -0.05) is 13.8 Å². The second kappa shape index (κ2) is 10.6. The summed E-state index contributed by atoms with van der Waals surface area (Å²) in [5.41, 5.74) is -0.197. The number of ether oxygens (including phenoxy) is 1. The summed E-state index contributed by atoms with van der Waals surface area (Å²) in [4.78, 5) is 23.1. The second-order valence-electron chi connectivity index (χ2n) is 7.55. The van der Waals surface area contributed by atoms with Gasteiger partial charge < -0.3 is 14.7 Å². The lowest BCUT2D eigenvalue weighted by Gasteiger charge is -2.26. The van der Waals surface area contributed by atoms with Crippen LogP contribution in [0.1, 0.15) is 26.7 Å². The second-order valence-corrected chi connectivity index (χ2v) is 7.55. The van der Waals surface area contributed by atoms with Crippen LogP contribution in [0.25, 0.3) is 10.8 Å². The Morgan fingerprint density at radius 3 is 2.18 bits per heavy atom. The molecule has 11 nitrogen and oxygen atoms in total. The van der Waals surface area contributed by atoms with E-state index in [-0.39, 0.29) is 17.1 Å². The van der Waals surface area contributed by atoms with Crippen LogP contribution in [0.3, 0.4) is 0 Å². The molecule has 0 aliphatic rings. The zero-order valence-corrected chi connectivity index (χ0v) is 19.1. The molecule has 0 saturated carbocycles. The summed E-state index contributed by atoms with van der Waals surface area (Å²) in [6.45, 7) is 5.69. The van der Waals surface area contributed by atoms with Crippen molar-refractivity contribution in [3.05, 3.63) is 62.7 Å². The van der Waals surface area contributed by atoms with Crippen molar-refractivity contribution in [3.8, 4) is 11.5 Å². The number of azo groups is 1. The predicted molar refractivity (Wildman–Crippen MR) is 129 cm³/mol. The molecular weight excluding hydrogens is 442 g/mol. The summed E-state index contributed by atoms with van der Waals surface area (Å²) in [5, 5.41) is 42.6. The van der Waals surface area contributed by atoms with Crippen molar-refractivity contribution in [1.82, 2.24) is 0 Å². The molecule has 1 N–H and O–H groups in total. The first-order valence-electron chi connectivity index (χ1n) is 10.7. The first-order chi connectivity index (χ1) is 16.3. The van der Waals surface area contributed by atoms with Crippen LogP contribution in [0.5, 0.6) is 11.5 Å². The zero-order chi connectivity index (χ0) is 24.8.